The van der Waals surface area contributed by atoms with Gasteiger partial charge in [-0.05, 0) is 83.8 Å². The molecule has 0 bridgehead atoms. The highest BCUT2D eigenvalue weighted by Gasteiger charge is 2.34. The molecule has 0 atom stereocenters. The summed E-state index contributed by atoms with van der Waals surface area (Å²) >= 11 is 4.24. The minimum Gasteiger partial charge on any atom is -0.491 e. The molecule has 3 aromatic rings. The molecule has 1 aliphatic rings. The van der Waals surface area contributed by atoms with E-state index in [2.05, 4.69) is 29.8 Å². The van der Waals surface area contributed by atoms with Gasteiger partial charge in [-0.25, -0.2) is 4.79 Å². The van der Waals surface area contributed by atoms with Crippen LogP contribution in [0.2, 0.25) is 0 Å². The Balaban J connectivity index is 1.36. The van der Waals surface area contributed by atoms with Crippen LogP contribution in [-0.4, -0.2) is 35.2 Å². The summed E-state index contributed by atoms with van der Waals surface area (Å²) in [6, 6.07) is 19.8. The summed E-state index contributed by atoms with van der Waals surface area (Å²) < 4.78 is 12.2. The molecule has 0 spiro atoms. The second-order valence-corrected chi connectivity index (χ2v) is 10.8. The summed E-state index contributed by atoms with van der Waals surface area (Å²) in [5.41, 5.74) is 3.32. The van der Waals surface area contributed by atoms with E-state index in [4.69, 9.17) is 9.47 Å². The van der Waals surface area contributed by atoms with Crippen molar-refractivity contribution in [2.75, 3.05) is 13.2 Å². The fraction of sp³-hybridized carbons (Fsp3) is 0.207. The van der Waals surface area contributed by atoms with Crippen LogP contribution in [0.1, 0.15) is 46.8 Å². The topological polar surface area (TPSA) is 72.9 Å². The Morgan fingerprint density at radius 1 is 1.05 bits per heavy atom. The van der Waals surface area contributed by atoms with Gasteiger partial charge in [0, 0.05) is 4.47 Å². The van der Waals surface area contributed by atoms with Crippen LogP contribution in [-0.2, 0) is 4.79 Å². The zero-order chi connectivity index (χ0) is 26.5. The molecule has 6 nitrogen and oxygen atoms in total. The molecule has 8 heteroatoms. The second-order valence-electron chi connectivity index (χ2n) is 8.85. The zero-order valence-corrected chi connectivity index (χ0v) is 23.1. The summed E-state index contributed by atoms with van der Waals surface area (Å²) in [4.78, 5) is 39.3. The van der Waals surface area contributed by atoms with Gasteiger partial charge in [0.2, 0.25) is 0 Å². The SMILES string of the molecule is Cc1ccc(C(C)C)c(OCCN2C(=O)S/C(=C\c3ccc(OC(=O)c4cccc(Br)c4)cc3)C2=O)c1. The lowest BCUT2D eigenvalue weighted by Crippen LogP contribution is -2.32. The van der Waals surface area contributed by atoms with Crippen molar-refractivity contribution in [1.29, 1.82) is 0 Å². The van der Waals surface area contributed by atoms with Gasteiger partial charge in [-0.15, -0.1) is 0 Å². The molecule has 37 heavy (non-hydrogen) atoms. The molecule has 0 saturated carbocycles. The van der Waals surface area contributed by atoms with Crippen molar-refractivity contribution in [2.24, 2.45) is 0 Å². The van der Waals surface area contributed by atoms with Crippen LogP contribution < -0.4 is 9.47 Å². The molecule has 0 N–H and O–H groups in total. The maximum Gasteiger partial charge on any atom is 0.343 e. The van der Waals surface area contributed by atoms with Crippen LogP contribution >= 0.6 is 27.7 Å². The van der Waals surface area contributed by atoms with Crippen molar-refractivity contribution in [3.8, 4) is 11.5 Å². The number of thioether (sulfide) groups is 1. The maximum absolute atomic E-state index is 12.9. The predicted molar refractivity (Wildman–Crippen MR) is 149 cm³/mol. The van der Waals surface area contributed by atoms with Gasteiger partial charge in [0.05, 0.1) is 17.0 Å². The van der Waals surface area contributed by atoms with E-state index >= 15 is 0 Å². The number of esters is 1. The third-order valence-electron chi connectivity index (χ3n) is 5.69. The molecule has 1 heterocycles. The molecular formula is C29H26BrNO5S. The molecule has 3 aromatic carbocycles. The average molecular weight is 581 g/mol. The number of amides is 2. The molecule has 190 valence electrons. The number of carbonyl (C=O) groups is 3. The summed E-state index contributed by atoms with van der Waals surface area (Å²) in [6.07, 6.45) is 1.66. The van der Waals surface area contributed by atoms with Crippen molar-refractivity contribution in [3.05, 3.63) is 98.4 Å². The van der Waals surface area contributed by atoms with Crippen molar-refractivity contribution in [2.45, 2.75) is 26.7 Å². The van der Waals surface area contributed by atoms with Gasteiger partial charge >= 0.3 is 5.97 Å². The molecule has 1 saturated heterocycles. The first-order chi connectivity index (χ1) is 17.7. The Morgan fingerprint density at radius 2 is 1.81 bits per heavy atom. The van der Waals surface area contributed by atoms with Crippen molar-refractivity contribution in [3.63, 3.8) is 0 Å². The molecule has 0 unspecified atom stereocenters. The Labute approximate surface area is 228 Å². The van der Waals surface area contributed by atoms with Crippen molar-refractivity contribution < 1.29 is 23.9 Å². The molecule has 2 amide bonds. The van der Waals surface area contributed by atoms with E-state index < -0.39 is 5.97 Å². The van der Waals surface area contributed by atoms with E-state index in [0.717, 1.165) is 33.1 Å². The molecule has 1 aliphatic heterocycles. The number of ether oxygens (including phenoxy) is 2. The minimum absolute atomic E-state index is 0.165. The van der Waals surface area contributed by atoms with Crippen LogP contribution in [0.25, 0.3) is 6.08 Å². The zero-order valence-electron chi connectivity index (χ0n) is 20.7. The first kappa shape index (κ1) is 26.7. The van der Waals surface area contributed by atoms with E-state index in [1.165, 1.54) is 4.90 Å². The maximum atomic E-state index is 12.9. The summed E-state index contributed by atoms with van der Waals surface area (Å²) in [7, 11) is 0. The largest absolute Gasteiger partial charge is 0.491 e. The van der Waals surface area contributed by atoms with Gasteiger partial charge in [-0.2, -0.15) is 0 Å². The fourth-order valence-corrected chi connectivity index (χ4v) is 5.01. The monoisotopic (exact) mass is 579 g/mol. The van der Waals surface area contributed by atoms with E-state index in [9.17, 15) is 14.4 Å². The third-order valence-corrected chi connectivity index (χ3v) is 7.09. The molecular weight excluding hydrogens is 554 g/mol. The first-order valence-corrected chi connectivity index (χ1v) is 13.4. The highest BCUT2D eigenvalue weighted by molar-refractivity contribution is 9.10. The number of aryl methyl sites for hydroxylation is 1. The standard InChI is InChI=1S/C29H26BrNO5S/c1-18(2)24-12-7-19(3)15-25(24)35-14-13-31-27(32)26(37-29(31)34)16-20-8-10-23(11-9-20)36-28(33)21-5-4-6-22(30)17-21/h4-12,15-18H,13-14H2,1-3H3/b26-16-. The first-order valence-electron chi connectivity index (χ1n) is 11.8. The second kappa shape index (κ2) is 11.8. The van der Waals surface area contributed by atoms with Crippen LogP contribution in [0.5, 0.6) is 11.5 Å². The summed E-state index contributed by atoms with van der Waals surface area (Å²) in [6.45, 7) is 6.57. The highest BCUT2D eigenvalue weighted by Crippen LogP contribution is 2.33. The van der Waals surface area contributed by atoms with Gasteiger partial charge in [0.1, 0.15) is 18.1 Å². The normalized spacial score (nSPS) is 14.5. The lowest BCUT2D eigenvalue weighted by atomic mass is 10.0. The summed E-state index contributed by atoms with van der Waals surface area (Å²) in [5.74, 6) is 0.634. The Morgan fingerprint density at radius 3 is 2.51 bits per heavy atom. The number of hydrogen-bond acceptors (Lipinski definition) is 6. The predicted octanol–water partition coefficient (Wildman–Crippen LogP) is 7.22. The lowest BCUT2D eigenvalue weighted by molar-refractivity contribution is -0.123. The number of nitrogens with zero attached hydrogens (tertiary/aromatic N) is 1. The number of benzene rings is 3. The molecule has 0 aliphatic carbocycles. The van der Waals surface area contributed by atoms with E-state index in [-0.39, 0.29) is 24.3 Å². The fourth-order valence-electron chi connectivity index (χ4n) is 3.75. The van der Waals surface area contributed by atoms with Crippen LogP contribution in [0.3, 0.4) is 0 Å². The number of imide groups is 1. The quantitative estimate of drug-likeness (QED) is 0.159. The van der Waals surface area contributed by atoms with E-state index in [0.29, 0.717) is 27.7 Å². The number of halogens is 1. The smallest absolute Gasteiger partial charge is 0.343 e. The average Bonchev–Trinajstić information content (AvgIpc) is 3.12. The van der Waals surface area contributed by atoms with Crippen LogP contribution in [0.4, 0.5) is 4.79 Å². The summed E-state index contributed by atoms with van der Waals surface area (Å²) in [5, 5.41) is -0.326. The third kappa shape index (κ3) is 6.70. The highest BCUT2D eigenvalue weighted by atomic mass is 79.9. The van der Waals surface area contributed by atoms with Gasteiger partial charge in [0.15, 0.2) is 0 Å². The Kier molecular flexibility index (Phi) is 8.51. The van der Waals surface area contributed by atoms with Gasteiger partial charge in [0.25, 0.3) is 11.1 Å². The number of hydrogen-bond donors (Lipinski definition) is 0. The number of carbonyl (C=O) groups excluding carboxylic acids is 3. The Bertz CT molecular complexity index is 1370. The molecule has 4 rings (SSSR count). The van der Waals surface area contributed by atoms with Crippen molar-refractivity contribution in [1.82, 2.24) is 4.90 Å². The van der Waals surface area contributed by atoms with Gasteiger partial charge in [-0.1, -0.05) is 60.1 Å². The van der Waals surface area contributed by atoms with Crippen LogP contribution in [0, 0.1) is 6.92 Å². The van der Waals surface area contributed by atoms with Crippen LogP contribution in [0.15, 0.2) is 76.1 Å². The minimum atomic E-state index is -0.469. The van der Waals surface area contributed by atoms with E-state index in [1.807, 2.05) is 31.2 Å². The number of rotatable bonds is 8. The van der Waals surface area contributed by atoms with E-state index in [1.54, 1.807) is 48.5 Å². The molecule has 1 fully saturated rings. The lowest BCUT2D eigenvalue weighted by Gasteiger charge is -2.17. The van der Waals surface area contributed by atoms with Gasteiger partial charge in [-0.3, -0.25) is 14.5 Å². The van der Waals surface area contributed by atoms with Gasteiger partial charge < -0.3 is 9.47 Å². The molecule has 0 radical (unpaired) electrons. The molecule has 0 aromatic heterocycles. The van der Waals surface area contributed by atoms with Crippen molar-refractivity contribution >= 4 is 50.9 Å². The Hall–Kier alpha value is -3.36.